The number of alkyl carbamates (subject to hydrolysis) is 1. The Morgan fingerprint density at radius 1 is 0.750 bits per heavy atom. The molecule has 0 aromatic rings. The van der Waals surface area contributed by atoms with Gasteiger partial charge in [0, 0.05) is 13.0 Å². The lowest BCUT2D eigenvalue weighted by molar-refractivity contribution is -0.145. The van der Waals surface area contributed by atoms with Gasteiger partial charge in [-0.2, -0.15) is 0 Å². The molecule has 1 N–H and O–H groups in total. The molecule has 1 amide bonds. The minimum absolute atomic E-state index is 0.0772. The van der Waals surface area contributed by atoms with E-state index in [0.717, 1.165) is 19.3 Å². The van der Waals surface area contributed by atoms with E-state index in [1.807, 2.05) is 20.8 Å². The maximum absolute atomic E-state index is 12.2. The molecular weight excluding hydrogens is 402 g/mol. The predicted octanol–water partition coefficient (Wildman–Crippen LogP) is 7.95. The lowest BCUT2D eigenvalue weighted by atomic mass is 9.95. The molecule has 0 bridgehead atoms. The first-order valence-corrected chi connectivity index (χ1v) is 13.4. The molecule has 0 aliphatic heterocycles. The smallest absolute Gasteiger partial charge is 0.407 e. The summed E-state index contributed by atoms with van der Waals surface area (Å²) in [4.78, 5) is 23.8. The van der Waals surface area contributed by atoms with Crippen LogP contribution in [0.1, 0.15) is 137 Å². The zero-order valence-corrected chi connectivity index (χ0v) is 21.9. The van der Waals surface area contributed by atoms with Gasteiger partial charge in [0.1, 0.15) is 5.60 Å². The van der Waals surface area contributed by atoms with Crippen molar-refractivity contribution in [3.05, 3.63) is 0 Å². The molecule has 0 radical (unpaired) electrons. The Bertz CT molecular complexity index is 459. The summed E-state index contributed by atoms with van der Waals surface area (Å²) >= 11 is 0. The summed E-state index contributed by atoms with van der Waals surface area (Å²) in [5.74, 6) is 0.437. The second-order valence-corrected chi connectivity index (χ2v) is 10.2. The number of hydrogen-bond donors (Lipinski definition) is 1. The van der Waals surface area contributed by atoms with Crippen molar-refractivity contribution >= 4 is 12.1 Å². The van der Waals surface area contributed by atoms with Gasteiger partial charge in [0.2, 0.25) is 0 Å². The Balaban J connectivity index is 3.95. The van der Waals surface area contributed by atoms with Gasteiger partial charge >= 0.3 is 12.1 Å². The lowest BCUT2D eigenvalue weighted by Crippen LogP contribution is -2.32. The van der Waals surface area contributed by atoms with Gasteiger partial charge in [0.25, 0.3) is 0 Å². The molecule has 5 nitrogen and oxygen atoms in total. The maximum atomic E-state index is 12.2. The van der Waals surface area contributed by atoms with Gasteiger partial charge in [0.05, 0.1) is 6.61 Å². The molecule has 0 heterocycles. The molecular formula is C27H53NO4. The number of carbonyl (C=O) groups is 2. The quantitative estimate of drug-likeness (QED) is 0.149. The minimum atomic E-state index is -0.475. The fraction of sp³-hybridized carbons (Fsp3) is 0.926. The Labute approximate surface area is 198 Å². The molecule has 0 spiro atoms. The van der Waals surface area contributed by atoms with Crippen molar-refractivity contribution in [1.82, 2.24) is 5.32 Å². The van der Waals surface area contributed by atoms with Crippen molar-refractivity contribution in [2.45, 2.75) is 143 Å². The average molecular weight is 456 g/mol. The van der Waals surface area contributed by atoms with Crippen LogP contribution in [0.2, 0.25) is 0 Å². The number of ether oxygens (including phenoxy) is 2. The van der Waals surface area contributed by atoms with Crippen molar-refractivity contribution in [3.8, 4) is 0 Å². The molecule has 0 fully saturated rings. The summed E-state index contributed by atoms with van der Waals surface area (Å²) in [5, 5.41) is 2.75. The van der Waals surface area contributed by atoms with E-state index in [2.05, 4.69) is 19.2 Å². The normalized spacial score (nSPS) is 12.4. The summed E-state index contributed by atoms with van der Waals surface area (Å²) in [6.45, 7) is 11.2. The average Bonchev–Trinajstić information content (AvgIpc) is 2.72. The minimum Gasteiger partial charge on any atom is -0.465 e. The number of hydrogen-bond acceptors (Lipinski definition) is 4. The fourth-order valence-electron chi connectivity index (χ4n) is 3.74. The van der Waals surface area contributed by atoms with E-state index in [1.54, 1.807) is 0 Å². The van der Waals surface area contributed by atoms with E-state index in [-0.39, 0.29) is 12.1 Å². The number of carbonyl (C=O) groups excluding carboxylic acids is 2. The standard InChI is InChI=1S/C27H53NO4/c1-6-8-10-12-13-16-20-24(19-15-11-9-7-2)23-31-25(29)21-17-14-18-22-28-26(30)32-27(3,4)5/h24H,6-23H2,1-5H3,(H,28,30). The molecule has 0 rings (SSSR count). The SMILES string of the molecule is CCCCCCCCC(CCCCCC)COC(=O)CCCCCNC(=O)OC(C)(C)C. The molecule has 0 aliphatic rings. The molecule has 0 saturated carbocycles. The van der Waals surface area contributed by atoms with Gasteiger partial charge in [-0.3, -0.25) is 4.79 Å². The highest BCUT2D eigenvalue weighted by molar-refractivity contribution is 5.69. The molecule has 0 aliphatic carbocycles. The van der Waals surface area contributed by atoms with Crippen molar-refractivity contribution in [2.75, 3.05) is 13.2 Å². The third-order valence-corrected chi connectivity index (χ3v) is 5.64. The van der Waals surface area contributed by atoms with Gasteiger partial charge in [-0.15, -0.1) is 0 Å². The number of esters is 1. The Morgan fingerprint density at radius 2 is 1.28 bits per heavy atom. The molecule has 1 unspecified atom stereocenters. The molecule has 0 aromatic carbocycles. The summed E-state index contributed by atoms with van der Waals surface area (Å²) in [7, 11) is 0. The summed E-state index contributed by atoms with van der Waals surface area (Å²) in [6.07, 6.45) is 17.9. The molecule has 1 atom stereocenters. The molecule has 190 valence electrons. The van der Waals surface area contributed by atoms with Crippen LogP contribution in [0.4, 0.5) is 4.79 Å². The Kier molecular flexibility index (Phi) is 19.6. The van der Waals surface area contributed by atoms with Crippen LogP contribution in [0, 0.1) is 5.92 Å². The highest BCUT2D eigenvalue weighted by Gasteiger charge is 2.15. The monoisotopic (exact) mass is 455 g/mol. The molecule has 5 heteroatoms. The summed E-state index contributed by atoms with van der Waals surface area (Å²) in [6, 6.07) is 0. The Morgan fingerprint density at radius 3 is 1.88 bits per heavy atom. The first-order chi connectivity index (χ1) is 15.3. The van der Waals surface area contributed by atoms with Crippen molar-refractivity contribution in [3.63, 3.8) is 0 Å². The second-order valence-electron chi connectivity index (χ2n) is 10.2. The van der Waals surface area contributed by atoms with Crippen LogP contribution < -0.4 is 5.32 Å². The predicted molar refractivity (Wildman–Crippen MR) is 134 cm³/mol. The van der Waals surface area contributed by atoms with Crippen LogP contribution in [0.25, 0.3) is 0 Å². The summed E-state index contributed by atoms with van der Waals surface area (Å²) in [5.41, 5.74) is -0.475. The second kappa shape index (κ2) is 20.4. The summed E-state index contributed by atoms with van der Waals surface area (Å²) < 4.78 is 10.8. The number of amides is 1. The van der Waals surface area contributed by atoms with E-state index < -0.39 is 5.60 Å². The van der Waals surface area contributed by atoms with Crippen LogP contribution >= 0.6 is 0 Å². The molecule has 0 aromatic heterocycles. The fourth-order valence-corrected chi connectivity index (χ4v) is 3.74. The van der Waals surface area contributed by atoms with E-state index in [1.165, 1.54) is 77.0 Å². The van der Waals surface area contributed by atoms with Crippen LogP contribution in [-0.2, 0) is 14.3 Å². The molecule has 0 saturated heterocycles. The van der Waals surface area contributed by atoms with Crippen molar-refractivity contribution < 1.29 is 19.1 Å². The van der Waals surface area contributed by atoms with E-state index in [0.29, 0.717) is 25.5 Å². The topological polar surface area (TPSA) is 64.6 Å². The van der Waals surface area contributed by atoms with Gasteiger partial charge in [0.15, 0.2) is 0 Å². The van der Waals surface area contributed by atoms with E-state index >= 15 is 0 Å². The Hall–Kier alpha value is -1.26. The van der Waals surface area contributed by atoms with Gasteiger partial charge in [-0.1, -0.05) is 84.5 Å². The van der Waals surface area contributed by atoms with Crippen LogP contribution in [0.3, 0.4) is 0 Å². The number of unbranched alkanes of at least 4 members (excludes halogenated alkanes) is 10. The number of nitrogens with one attached hydrogen (secondary N) is 1. The van der Waals surface area contributed by atoms with Crippen molar-refractivity contribution in [2.24, 2.45) is 5.92 Å². The first-order valence-electron chi connectivity index (χ1n) is 13.4. The van der Waals surface area contributed by atoms with E-state index in [4.69, 9.17) is 9.47 Å². The zero-order valence-electron chi connectivity index (χ0n) is 21.9. The van der Waals surface area contributed by atoms with E-state index in [9.17, 15) is 9.59 Å². The third kappa shape index (κ3) is 22.0. The largest absolute Gasteiger partial charge is 0.465 e. The highest BCUT2D eigenvalue weighted by atomic mass is 16.6. The zero-order chi connectivity index (χ0) is 24.1. The highest BCUT2D eigenvalue weighted by Crippen LogP contribution is 2.20. The van der Waals surface area contributed by atoms with Gasteiger partial charge in [-0.25, -0.2) is 4.79 Å². The van der Waals surface area contributed by atoms with Gasteiger partial charge < -0.3 is 14.8 Å². The van der Waals surface area contributed by atoms with Gasteiger partial charge in [-0.05, 0) is 52.4 Å². The lowest BCUT2D eigenvalue weighted by Gasteiger charge is -2.19. The third-order valence-electron chi connectivity index (χ3n) is 5.64. The van der Waals surface area contributed by atoms with Crippen LogP contribution in [-0.4, -0.2) is 30.8 Å². The van der Waals surface area contributed by atoms with Crippen LogP contribution in [0.15, 0.2) is 0 Å². The van der Waals surface area contributed by atoms with Crippen LogP contribution in [0.5, 0.6) is 0 Å². The number of rotatable bonds is 20. The molecule has 32 heavy (non-hydrogen) atoms. The maximum Gasteiger partial charge on any atom is 0.407 e. The van der Waals surface area contributed by atoms with Crippen molar-refractivity contribution in [1.29, 1.82) is 0 Å². The first kappa shape index (κ1) is 30.7.